The minimum Gasteiger partial charge on any atom is -0.481 e. The van der Waals surface area contributed by atoms with Crippen molar-refractivity contribution in [3.8, 4) is 0 Å². The van der Waals surface area contributed by atoms with Gasteiger partial charge in [-0.25, -0.2) is 4.79 Å². The third-order valence-corrected chi connectivity index (χ3v) is 4.41. The molecule has 0 aromatic heterocycles. The van der Waals surface area contributed by atoms with Gasteiger partial charge in [0, 0.05) is 26.7 Å². The van der Waals surface area contributed by atoms with Crippen LogP contribution in [0.5, 0.6) is 0 Å². The Balaban J connectivity index is 2.31. The minimum atomic E-state index is -0.821. The summed E-state index contributed by atoms with van der Waals surface area (Å²) in [7, 11) is 1.71. The van der Waals surface area contributed by atoms with Gasteiger partial charge in [-0.2, -0.15) is 0 Å². The van der Waals surface area contributed by atoms with Crippen molar-refractivity contribution in [2.75, 3.05) is 26.7 Å². The van der Waals surface area contributed by atoms with E-state index in [0.29, 0.717) is 32.0 Å². The second-order valence-electron chi connectivity index (χ2n) is 5.64. The number of urea groups is 1. The molecule has 0 aromatic carbocycles. The predicted octanol–water partition coefficient (Wildman–Crippen LogP) is 1.94. The number of likely N-dealkylation sites (tertiary alicyclic amines) is 1. The predicted molar refractivity (Wildman–Crippen MR) is 80.2 cm³/mol. The molecule has 6 heteroatoms. The summed E-state index contributed by atoms with van der Waals surface area (Å²) >= 11 is 0. The van der Waals surface area contributed by atoms with Gasteiger partial charge >= 0.3 is 12.0 Å². The van der Waals surface area contributed by atoms with Crippen LogP contribution in [0.2, 0.25) is 0 Å². The maximum absolute atomic E-state index is 12.0. The van der Waals surface area contributed by atoms with Gasteiger partial charge in [-0.1, -0.05) is 26.7 Å². The van der Waals surface area contributed by atoms with E-state index in [1.165, 1.54) is 0 Å². The largest absolute Gasteiger partial charge is 0.481 e. The highest BCUT2D eigenvalue weighted by Gasteiger charge is 2.30. The van der Waals surface area contributed by atoms with Crippen LogP contribution in [-0.4, -0.2) is 54.9 Å². The SMILES string of the molecule is CCC(CC)C(CCNC(=O)N1CCC(C(=O)O)C1)OC. The normalized spacial score (nSPS) is 19.8. The number of carboxylic acids is 1. The molecule has 1 fully saturated rings. The van der Waals surface area contributed by atoms with Crippen molar-refractivity contribution in [1.29, 1.82) is 0 Å². The van der Waals surface area contributed by atoms with E-state index in [1.807, 2.05) is 0 Å². The highest BCUT2D eigenvalue weighted by molar-refractivity contribution is 5.77. The molecule has 2 unspecified atom stereocenters. The Bertz CT molecular complexity index is 345. The molecule has 0 saturated carbocycles. The Kier molecular flexibility index (Phi) is 7.50. The number of nitrogens with zero attached hydrogens (tertiary/aromatic N) is 1. The molecule has 0 aromatic rings. The zero-order valence-corrected chi connectivity index (χ0v) is 13.3. The van der Waals surface area contributed by atoms with Crippen molar-refractivity contribution >= 4 is 12.0 Å². The molecule has 2 N–H and O–H groups in total. The van der Waals surface area contributed by atoms with Gasteiger partial charge < -0.3 is 20.1 Å². The average Bonchev–Trinajstić information content (AvgIpc) is 2.96. The summed E-state index contributed by atoms with van der Waals surface area (Å²) < 4.78 is 5.51. The lowest BCUT2D eigenvalue weighted by molar-refractivity contribution is -0.141. The third-order valence-electron chi connectivity index (χ3n) is 4.41. The molecule has 1 saturated heterocycles. The molecule has 0 spiro atoms. The monoisotopic (exact) mass is 300 g/mol. The fourth-order valence-corrected chi connectivity index (χ4v) is 2.94. The van der Waals surface area contributed by atoms with E-state index >= 15 is 0 Å². The second-order valence-corrected chi connectivity index (χ2v) is 5.64. The lowest BCUT2D eigenvalue weighted by Crippen LogP contribution is -2.40. The van der Waals surface area contributed by atoms with Crippen LogP contribution in [0.25, 0.3) is 0 Å². The van der Waals surface area contributed by atoms with Gasteiger partial charge in [0.2, 0.25) is 0 Å². The van der Waals surface area contributed by atoms with Crippen LogP contribution in [0.3, 0.4) is 0 Å². The van der Waals surface area contributed by atoms with Crippen molar-refractivity contribution in [2.24, 2.45) is 11.8 Å². The van der Waals surface area contributed by atoms with Crippen LogP contribution < -0.4 is 5.32 Å². The first-order chi connectivity index (χ1) is 10.0. The van der Waals surface area contributed by atoms with Gasteiger partial charge in [-0.05, 0) is 18.8 Å². The van der Waals surface area contributed by atoms with Gasteiger partial charge in [0.05, 0.1) is 12.0 Å². The first kappa shape index (κ1) is 17.8. The van der Waals surface area contributed by atoms with E-state index in [1.54, 1.807) is 12.0 Å². The number of amides is 2. The van der Waals surface area contributed by atoms with Crippen molar-refractivity contribution in [2.45, 2.75) is 45.6 Å². The average molecular weight is 300 g/mol. The first-order valence-electron chi connectivity index (χ1n) is 7.81. The van der Waals surface area contributed by atoms with E-state index in [2.05, 4.69) is 19.2 Å². The van der Waals surface area contributed by atoms with Crippen LogP contribution in [0.1, 0.15) is 39.5 Å². The number of nitrogens with one attached hydrogen (secondary N) is 1. The van der Waals surface area contributed by atoms with Crippen molar-refractivity contribution in [3.05, 3.63) is 0 Å². The maximum Gasteiger partial charge on any atom is 0.317 e. The van der Waals surface area contributed by atoms with Crippen LogP contribution in [0, 0.1) is 11.8 Å². The maximum atomic E-state index is 12.0. The number of methoxy groups -OCH3 is 1. The number of rotatable bonds is 8. The van der Waals surface area contributed by atoms with E-state index in [4.69, 9.17) is 9.84 Å². The summed E-state index contributed by atoms with van der Waals surface area (Å²) in [4.78, 5) is 24.4. The zero-order valence-electron chi connectivity index (χ0n) is 13.3. The fourth-order valence-electron chi connectivity index (χ4n) is 2.94. The zero-order chi connectivity index (χ0) is 15.8. The summed E-state index contributed by atoms with van der Waals surface area (Å²) in [5, 5.41) is 11.8. The molecule has 6 nitrogen and oxygen atoms in total. The molecule has 0 radical (unpaired) electrons. The molecular formula is C15H28N2O4. The summed E-state index contributed by atoms with van der Waals surface area (Å²) in [5.74, 6) is -0.736. The Morgan fingerprint density at radius 2 is 2.05 bits per heavy atom. The summed E-state index contributed by atoms with van der Waals surface area (Å²) in [6.45, 7) is 5.68. The Hall–Kier alpha value is -1.30. The van der Waals surface area contributed by atoms with E-state index in [9.17, 15) is 9.59 Å². The highest BCUT2D eigenvalue weighted by Crippen LogP contribution is 2.19. The smallest absolute Gasteiger partial charge is 0.317 e. The summed E-state index contributed by atoms with van der Waals surface area (Å²) in [5.41, 5.74) is 0. The number of ether oxygens (including phenoxy) is 1. The van der Waals surface area contributed by atoms with Crippen LogP contribution >= 0.6 is 0 Å². The Morgan fingerprint density at radius 3 is 2.52 bits per heavy atom. The van der Waals surface area contributed by atoms with Crippen LogP contribution in [0.4, 0.5) is 4.79 Å². The molecule has 0 aliphatic carbocycles. The van der Waals surface area contributed by atoms with Gasteiger partial charge in [-0.15, -0.1) is 0 Å². The molecule has 1 aliphatic rings. The van der Waals surface area contributed by atoms with Gasteiger partial charge in [0.15, 0.2) is 0 Å². The number of carbonyl (C=O) groups excluding carboxylic acids is 1. The van der Waals surface area contributed by atoms with Crippen LogP contribution in [-0.2, 0) is 9.53 Å². The number of aliphatic carboxylic acids is 1. The number of carboxylic acid groups (broad SMARTS) is 1. The van der Waals surface area contributed by atoms with Crippen LogP contribution in [0.15, 0.2) is 0 Å². The minimum absolute atomic E-state index is 0.158. The van der Waals surface area contributed by atoms with E-state index in [-0.39, 0.29) is 12.1 Å². The molecule has 122 valence electrons. The molecule has 0 bridgehead atoms. The quantitative estimate of drug-likeness (QED) is 0.718. The van der Waals surface area contributed by atoms with E-state index < -0.39 is 11.9 Å². The topological polar surface area (TPSA) is 78.9 Å². The van der Waals surface area contributed by atoms with Gasteiger partial charge in [0.25, 0.3) is 0 Å². The fraction of sp³-hybridized carbons (Fsp3) is 0.867. The second kappa shape index (κ2) is 8.87. The lowest BCUT2D eigenvalue weighted by atomic mass is 9.94. The number of carbonyl (C=O) groups is 2. The van der Waals surface area contributed by atoms with Crippen molar-refractivity contribution in [1.82, 2.24) is 10.2 Å². The summed E-state index contributed by atoms with van der Waals surface area (Å²) in [6.07, 6.45) is 3.61. The van der Waals surface area contributed by atoms with E-state index in [0.717, 1.165) is 19.3 Å². The number of hydrogen-bond acceptors (Lipinski definition) is 3. The molecule has 2 amide bonds. The standard InChI is InChI=1S/C15H28N2O4/c1-4-11(5-2)13(21-3)6-8-16-15(20)17-9-7-12(10-17)14(18)19/h11-13H,4-10H2,1-3H3,(H,16,20)(H,18,19). The molecule has 21 heavy (non-hydrogen) atoms. The Labute approximate surface area is 126 Å². The first-order valence-corrected chi connectivity index (χ1v) is 7.81. The van der Waals surface area contributed by atoms with Crippen molar-refractivity contribution < 1.29 is 19.4 Å². The van der Waals surface area contributed by atoms with Crippen molar-refractivity contribution in [3.63, 3.8) is 0 Å². The lowest BCUT2D eigenvalue weighted by Gasteiger charge is -2.24. The molecule has 1 heterocycles. The van der Waals surface area contributed by atoms with Gasteiger partial charge in [-0.3, -0.25) is 4.79 Å². The molecule has 2 atom stereocenters. The third kappa shape index (κ3) is 5.19. The summed E-state index contributed by atoms with van der Waals surface area (Å²) in [6, 6.07) is -0.168. The Morgan fingerprint density at radius 1 is 1.38 bits per heavy atom. The van der Waals surface area contributed by atoms with Gasteiger partial charge in [0.1, 0.15) is 0 Å². The molecular weight excluding hydrogens is 272 g/mol. The highest BCUT2D eigenvalue weighted by atomic mass is 16.5. The molecule has 1 rings (SSSR count). The number of hydrogen-bond donors (Lipinski definition) is 2. The molecule has 1 aliphatic heterocycles.